The minimum atomic E-state index is -0.638. The fourth-order valence-corrected chi connectivity index (χ4v) is 1.53. The monoisotopic (exact) mass is 261 g/mol. The number of nitrogens with zero attached hydrogens (tertiary/aromatic N) is 1. The summed E-state index contributed by atoms with van der Waals surface area (Å²) in [6.07, 6.45) is 2.90. The first-order valence-corrected chi connectivity index (χ1v) is 5.38. The number of ketones is 1. The van der Waals surface area contributed by atoms with Crippen molar-refractivity contribution in [2.75, 3.05) is 14.2 Å². The number of methoxy groups -OCH3 is 2. The number of hydrogen-bond acceptors (Lipinski definition) is 6. The lowest BCUT2D eigenvalue weighted by molar-refractivity contribution is 0.0563. The molecule has 2 aromatic heterocycles. The van der Waals surface area contributed by atoms with E-state index in [0.29, 0.717) is 11.3 Å². The van der Waals surface area contributed by atoms with Gasteiger partial charge in [0.05, 0.1) is 26.0 Å². The van der Waals surface area contributed by atoms with E-state index in [-0.39, 0.29) is 11.5 Å². The Hall–Kier alpha value is -2.63. The molecule has 2 aromatic rings. The predicted molar refractivity (Wildman–Crippen MR) is 64.3 cm³/mol. The molecule has 0 spiro atoms. The number of carbonyl (C=O) groups excluding carboxylic acids is 2. The normalized spacial score (nSPS) is 10.0. The highest BCUT2D eigenvalue weighted by molar-refractivity contribution is 6.09. The third-order valence-corrected chi connectivity index (χ3v) is 2.47. The Labute approximate surface area is 109 Å². The molecule has 0 N–H and O–H groups in total. The fourth-order valence-electron chi connectivity index (χ4n) is 1.53. The molecule has 19 heavy (non-hydrogen) atoms. The Morgan fingerprint density at radius 1 is 1.16 bits per heavy atom. The molecular weight excluding hydrogens is 250 g/mol. The van der Waals surface area contributed by atoms with Gasteiger partial charge in [0.1, 0.15) is 5.75 Å². The summed E-state index contributed by atoms with van der Waals surface area (Å²) in [4.78, 5) is 27.3. The quantitative estimate of drug-likeness (QED) is 0.615. The van der Waals surface area contributed by atoms with Gasteiger partial charge >= 0.3 is 5.97 Å². The predicted octanol–water partition coefficient (Wildman–Crippen LogP) is 1.70. The Morgan fingerprint density at radius 2 is 1.89 bits per heavy atom. The molecular formula is C13H11NO5. The molecule has 6 heteroatoms. The molecule has 0 fully saturated rings. The van der Waals surface area contributed by atoms with Gasteiger partial charge in [-0.2, -0.15) is 0 Å². The highest BCUT2D eigenvalue weighted by Gasteiger charge is 2.20. The van der Waals surface area contributed by atoms with Gasteiger partial charge in [-0.1, -0.05) is 0 Å². The van der Waals surface area contributed by atoms with Crippen LogP contribution in [0.3, 0.4) is 0 Å². The summed E-state index contributed by atoms with van der Waals surface area (Å²) in [6.45, 7) is 0. The Kier molecular flexibility index (Phi) is 3.61. The van der Waals surface area contributed by atoms with Crippen LogP contribution in [-0.4, -0.2) is 31.0 Å². The molecule has 0 saturated heterocycles. The van der Waals surface area contributed by atoms with Crippen molar-refractivity contribution in [2.24, 2.45) is 0 Å². The van der Waals surface area contributed by atoms with E-state index in [1.54, 1.807) is 0 Å². The molecule has 0 aliphatic rings. The van der Waals surface area contributed by atoms with E-state index in [2.05, 4.69) is 9.72 Å². The van der Waals surface area contributed by atoms with E-state index in [1.807, 2.05) is 0 Å². The van der Waals surface area contributed by atoms with E-state index in [0.717, 1.165) is 0 Å². The largest absolute Gasteiger partial charge is 0.494 e. The second kappa shape index (κ2) is 5.34. The maximum Gasteiger partial charge on any atom is 0.373 e. The highest BCUT2D eigenvalue weighted by atomic mass is 16.5. The molecule has 0 bridgehead atoms. The van der Waals surface area contributed by atoms with Crippen LogP contribution in [0.2, 0.25) is 0 Å². The minimum absolute atomic E-state index is 0.0288. The maximum atomic E-state index is 12.2. The van der Waals surface area contributed by atoms with Crippen LogP contribution < -0.4 is 4.74 Å². The summed E-state index contributed by atoms with van der Waals surface area (Å²) >= 11 is 0. The lowest BCUT2D eigenvalue weighted by Crippen LogP contribution is -2.03. The Morgan fingerprint density at radius 3 is 2.58 bits per heavy atom. The number of carbonyl (C=O) groups is 2. The summed E-state index contributed by atoms with van der Waals surface area (Å²) in [7, 11) is 2.67. The van der Waals surface area contributed by atoms with E-state index in [9.17, 15) is 9.59 Å². The van der Waals surface area contributed by atoms with Gasteiger partial charge in [-0.15, -0.1) is 0 Å². The van der Waals surface area contributed by atoms with Crippen molar-refractivity contribution in [2.45, 2.75) is 0 Å². The summed E-state index contributed by atoms with van der Waals surface area (Å²) < 4.78 is 14.7. The number of esters is 1. The lowest BCUT2D eigenvalue weighted by Gasteiger charge is -2.04. The summed E-state index contributed by atoms with van der Waals surface area (Å²) in [6, 6.07) is 4.31. The Bertz CT molecular complexity index is 617. The standard InChI is InChI=1S/C13H11NO5/c1-17-11-7-14-6-5-8(11)12(15)9-3-4-10(19-9)13(16)18-2/h3-7H,1-2H3. The van der Waals surface area contributed by atoms with E-state index in [4.69, 9.17) is 9.15 Å². The van der Waals surface area contributed by atoms with Crippen LogP contribution in [0.15, 0.2) is 35.0 Å². The van der Waals surface area contributed by atoms with Gasteiger partial charge < -0.3 is 13.9 Å². The van der Waals surface area contributed by atoms with Crippen molar-refractivity contribution < 1.29 is 23.5 Å². The van der Waals surface area contributed by atoms with Gasteiger partial charge in [0, 0.05) is 6.20 Å². The fraction of sp³-hybridized carbons (Fsp3) is 0.154. The van der Waals surface area contributed by atoms with Crippen LogP contribution in [0, 0.1) is 0 Å². The SMILES string of the molecule is COC(=O)c1ccc(C(=O)c2ccncc2OC)o1. The van der Waals surface area contributed by atoms with Crippen LogP contribution in [0.25, 0.3) is 0 Å². The van der Waals surface area contributed by atoms with Crippen LogP contribution >= 0.6 is 0 Å². The van der Waals surface area contributed by atoms with Gasteiger partial charge in [-0.05, 0) is 18.2 Å². The molecule has 2 rings (SSSR count). The van der Waals surface area contributed by atoms with Crippen molar-refractivity contribution in [3.8, 4) is 5.75 Å². The zero-order valence-electron chi connectivity index (χ0n) is 10.4. The van der Waals surface area contributed by atoms with Crippen LogP contribution in [0.4, 0.5) is 0 Å². The molecule has 6 nitrogen and oxygen atoms in total. The Balaban J connectivity index is 2.34. The van der Waals surface area contributed by atoms with Crippen LogP contribution in [-0.2, 0) is 4.74 Å². The zero-order valence-corrected chi connectivity index (χ0v) is 10.4. The van der Waals surface area contributed by atoms with Crippen molar-refractivity contribution in [1.29, 1.82) is 0 Å². The van der Waals surface area contributed by atoms with Gasteiger partial charge in [-0.25, -0.2) is 4.79 Å². The summed E-state index contributed by atoms with van der Waals surface area (Å²) in [5.74, 6) is -0.692. The van der Waals surface area contributed by atoms with Crippen LogP contribution in [0.1, 0.15) is 26.7 Å². The van der Waals surface area contributed by atoms with Gasteiger partial charge in [0.2, 0.25) is 11.5 Å². The number of pyridine rings is 1. The first-order chi connectivity index (χ1) is 9.17. The number of hydrogen-bond donors (Lipinski definition) is 0. The van der Waals surface area contributed by atoms with Crippen molar-refractivity contribution in [3.05, 3.63) is 47.7 Å². The third kappa shape index (κ3) is 2.47. The minimum Gasteiger partial charge on any atom is -0.494 e. The topological polar surface area (TPSA) is 78.6 Å². The highest BCUT2D eigenvalue weighted by Crippen LogP contribution is 2.21. The molecule has 2 heterocycles. The molecule has 0 aromatic carbocycles. The van der Waals surface area contributed by atoms with E-state index in [1.165, 1.54) is 44.8 Å². The maximum absolute atomic E-state index is 12.2. The van der Waals surface area contributed by atoms with E-state index >= 15 is 0 Å². The van der Waals surface area contributed by atoms with Gasteiger partial charge in [0.15, 0.2) is 5.76 Å². The number of rotatable bonds is 4. The summed E-state index contributed by atoms with van der Waals surface area (Å²) in [5, 5.41) is 0. The number of furan rings is 1. The van der Waals surface area contributed by atoms with Gasteiger partial charge in [0.25, 0.3) is 0 Å². The second-order valence-electron chi connectivity index (χ2n) is 3.56. The number of ether oxygens (including phenoxy) is 2. The molecule has 0 aliphatic carbocycles. The molecule has 0 atom stereocenters. The molecule has 0 saturated carbocycles. The third-order valence-electron chi connectivity index (χ3n) is 2.47. The average Bonchev–Trinajstić information content (AvgIpc) is 2.95. The molecule has 0 amide bonds. The van der Waals surface area contributed by atoms with Crippen molar-refractivity contribution in [3.63, 3.8) is 0 Å². The molecule has 98 valence electrons. The van der Waals surface area contributed by atoms with Crippen molar-refractivity contribution >= 4 is 11.8 Å². The second-order valence-corrected chi connectivity index (χ2v) is 3.56. The molecule has 0 aliphatic heterocycles. The van der Waals surface area contributed by atoms with Crippen molar-refractivity contribution in [1.82, 2.24) is 4.98 Å². The summed E-state index contributed by atoms with van der Waals surface area (Å²) in [5.41, 5.74) is 0.309. The molecule has 0 radical (unpaired) electrons. The smallest absolute Gasteiger partial charge is 0.373 e. The number of aromatic nitrogens is 1. The van der Waals surface area contributed by atoms with E-state index < -0.39 is 11.8 Å². The van der Waals surface area contributed by atoms with Gasteiger partial charge in [-0.3, -0.25) is 9.78 Å². The first-order valence-electron chi connectivity index (χ1n) is 5.38. The van der Waals surface area contributed by atoms with Crippen LogP contribution in [0.5, 0.6) is 5.75 Å². The average molecular weight is 261 g/mol. The zero-order chi connectivity index (χ0) is 13.8. The first kappa shape index (κ1) is 12.8. The molecule has 0 unspecified atom stereocenters. The lowest BCUT2D eigenvalue weighted by atomic mass is 10.1.